The minimum atomic E-state index is 0.00908. The summed E-state index contributed by atoms with van der Waals surface area (Å²) in [5.74, 6) is 0.00908. The van der Waals surface area contributed by atoms with Crippen LogP contribution in [0.3, 0.4) is 0 Å². The molecule has 2 heterocycles. The van der Waals surface area contributed by atoms with E-state index in [0.717, 1.165) is 44.3 Å². The second-order valence-electron chi connectivity index (χ2n) is 5.58. The second-order valence-corrected chi connectivity index (χ2v) is 5.97. The van der Waals surface area contributed by atoms with E-state index >= 15 is 0 Å². The first kappa shape index (κ1) is 16.2. The molecule has 21 heavy (non-hydrogen) atoms. The predicted octanol–water partition coefficient (Wildman–Crippen LogP) is 3.06. The largest absolute Gasteiger partial charge is 0.396 e. The molecule has 0 spiro atoms. The Morgan fingerprint density at radius 2 is 2.29 bits per heavy atom. The first-order valence-corrected chi connectivity index (χ1v) is 8.11. The number of hydrogen-bond donors (Lipinski definition) is 1. The van der Waals surface area contributed by atoms with Gasteiger partial charge in [0.15, 0.2) is 0 Å². The molecule has 1 N–H and O–H groups in total. The number of carbonyl (C=O) groups excluding carboxylic acids is 1. The fraction of sp³-hybridized carbons (Fsp3) is 0.625. The Hall–Kier alpha value is -1.13. The highest BCUT2D eigenvalue weighted by Crippen LogP contribution is 2.23. The number of carbonyl (C=O) groups is 1. The highest BCUT2D eigenvalue weighted by molar-refractivity contribution is 6.29. The third-order valence-corrected chi connectivity index (χ3v) is 4.14. The zero-order chi connectivity index (χ0) is 15.2. The van der Waals surface area contributed by atoms with Crippen LogP contribution in [0.5, 0.6) is 0 Å². The van der Waals surface area contributed by atoms with Gasteiger partial charge in [-0.05, 0) is 44.2 Å². The Morgan fingerprint density at radius 3 is 3.00 bits per heavy atom. The summed E-state index contributed by atoms with van der Waals surface area (Å²) in [4.78, 5) is 18.9. The van der Waals surface area contributed by atoms with Crippen molar-refractivity contribution in [2.45, 2.75) is 51.5 Å². The Morgan fingerprint density at radius 1 is 1.48 bits per heavy atom. The molecule has 1 aliphatic rings. The molecule has 1 unspecified atom stereocenters. The molecule has 0 aliphatic carbocycles. The van der Waals surface area contributed by atoms with Crippen molar-refractivity contribution in [2.75, 3.05) is 13.2 Å². The van der Waals surface area contributed by atoms with Crippen molar-refractivity contribution >= 4 is 17.5 Å². The first-order chi connectivity index (χ1) is 10.2. The van der Waals surface area contributed by atoms with Gasteiger partial charge in [0.05, 0.1) is 0 Å². The number of aryl methyl sites for hydroxylation is 1. The Bertz CT molecular complexity index is 491. The van der Waals surface area contributed by atoms with Crippen molar-refractivity contribution in [1.29, 1.82) is 0 Å². The van der Waals surface area contributed by atoms with E-state index in [-0.39, 0.29) is 18.6 Å². The minimum Gasteiger partial charge on any atom is -0.396 e. The third-order valence-electron chi connectivity index (χ3n) is 3.95. The lowest BCUT2D eigenvalue weighted by atomic mass is 9.98. The summed E-state index contributed by atoms with van der Waals surface area (Å²) in [6.07, 6.45) is 5.54. The fourth-order valence-electron chi connectivity index (χ4n) is 2.94. The quantitative estimate of drug-likeness (QED) is 0.850. The van der Waals surface area contributed by atoms with E-state index in [1.54, 1.807) is 6.07 Å². The number of halogens is 1. The lowest BCUT2D eigenvalue weighted by Crippen LogP contribution is -2.44. The van der Waals surface area contributed by atoms with E-state index in [1.165, 1.54) is 0 Å². The Labute approximate surface area is 131 Å². The summed E-state index contributed by atoms with van der Waals surface area (Å²) in [6.45, 7) is 2.95. The van der Waals surface area contributed by atoms with E-state index in [1.807, 2.05) is 11.0 Å². The van der Waals surface area contributed by atoms with Crippen LogP contribution in [0.2, 0.25) is 5.15 Å². The summed E-state index contributed by atoms with van der Waals surface area (Å²) >= 11 is 6.04. The van der Waals surface area contributed by atoms with Crippen LogP contribution in [0.1, 0.15) is 55.1 Å². The van der Waals surface area contributed by atoms with E-state index < -0.39 is 0 Å². The van der Waals surface area contributed by atoms with Gasteiger partial charge in [-0.2, -0.15) is 0 Å². The van der Waals surface area contributed by atoms with E-state index in [2.05, 4.69) is 11.9 Å². The van der Waals surface area contributed by atoms with Gasteiger partial charge in [-0.3, -0.25) is 4.79 Å². The number of aromatic nitrogens is 1. The number of rotatable bonds is 5. The second kappa shape index (κ2) is 7.76. The van der Waals surface area contributed by atoms with Crippen molar-refractivity contribution in [1.82, 2.24) is 9.88 Å². The normalized spacial score (nSPS) is 18.8. The lowest BCUT2D eigenvalue weighted by molar-refractivity contribution is 0.0574. The predicted molar refractivity (Wildman–Crippen MR) is 83.6 cm³/mol. The van der Waals surface area contributed by atoms with E-state index in [4.69, 9.17) is 11.6 Å². The molecule has 1 amide bonds. The van der Waals surface area contributed by atoms with Gasteiger partial charge < -0.3 is 10.0 Å². The molecule has 1 aromatic heterocycles. The number of pyridine rings is 1. The van der Waals surface area contributed by atoms with Gasteiger partial charge >= 0.3 is 0 Å². The third kappa shape index (κ3) is 4.17. The molecule has 0 saturated carbocycles. The van der Waals surface area contributed by atoms with Crippen molar-refractivity contribution < 1.29 is 9.90 Å². The molecule has 0 bridgehead atoms. The zero-order valence-corrected chi connectivity index (χ0v) is 13.3. The summed E-state index contributed by atoms with van der Waals surface area (Å²) in [5.41, 5.74) is 1.48. The molecule has 1 atom stereocenters. The monoisotopic (exact) mass is 310 g/mol. The Kier molecular flexibility index (Phi) is 6.00. The zero-order valence-electron chi connectivity index (χ0n) is 12.5. The van der Waals surface area contributed by atoms with Gasteiger partial charge in [0.1, 0.15) is 5.15 Å². The van der Waals surface area contributed by atoms with Crippen LogP contribution in [0.15, 0.2) is 12.1 Å². The summed E-state index contributed by atoms with van der Waals surface area (Å²) in [5, 5.41) is 9.55. The van der Waals surface area contributed by atoms with Gasteiger partial charge in [0.25, 0.3) is 5.91 Å². The van der Waals surface area contributed by atoms with E-state index in [0.29, 0.717) is 17.1 Å². The molecule has 1 fully saturated rings. The van der Waals surface area contributed by atoms with Crippen LogP contribution in [0.4, 0.5) is 0 Å². The smallest absolute Gasteiger partial charge is 0.254 e. The first-order valence-electron chi connectivity index (χ1n) is 7.74. The molecule has 2 rings (SSSR count). The molecule has 1 saturated heterocycles. The maximum Gasteiger partial charge on any atom is 0.254 e. The molecule has 1 aromatic rings. The lowest BCUT2D eigenvalue weighted by Gasteiger charge is -2.35. The summed E-state index contributed by atoms with van der Waals surface area (Å²) < 4.78 is 0. The van der Waals surface area contributed by atoms with Crippen LogP contribution < -0.4 is 0 Å². The molecule has 5 heteroatoms. The average molecular weight is 311 g/mol. The number of aliphatic hydroxyl groups excluding tert-OH is 1. The number of aliphatic hydroxyl groups is 1. The average Bonchev–Trinajstić information content (AvgIpc) is 2.47. The Balaban J connectivity index is 2.21. The number of amides is 1. The van der Waals surface area contributed by atoms with Crippen LogP contribution in [-0.2, 0) is 6.42 Å². The molecular formula is C16H23ClN2O2. The molecular weight excluding hydrogens is 288 g/mol. The van der Waals surface area contributed by atoms with Gasteiger partial charge in [0, 0.05) is 30.5 Å². The molecule has 1 aliphatic heterocycles. The van der Waals surface area contributed by atoms with Crippen LogP contribution in [-0.4, -0.2) is 40.1 Å². The number of piperidine rings is 1. The van der Waals surface area contributed by atoms with Gasteiger partial charge in [-0.1, -0.05) is 24.9 Å². The van der Waals surface area contributed by atoms with Crippen molar-refractivity contribution in [3.05, 3.63) is 28.5 Å². The maximum absolute atomic E-state index is 12.8. The van der Waals surface area contributed by atoms with Gasteiger partial charge in [-0.15, -0.1) is 0 Å². The summed E-state index contributed by atoms with van der Waals surface area (Å²) in [7, 11) is 0. The molecule has 4 nitrogen and oxygen atoms in total. The maximum atomic E-state index is 12.8. The van der Waals surface area contributed by atoms with Crippen LogP contribution in [0, 0.1) is 0 Å². The van der Waals surface area contributed by atoms with Crippen molar-refractivity contribution in [3.8, 4) is 0 Å². The minimum absolute atomic E-state index is 0.00908. The van der Waals surface area contributed by atoms with Crippen LogP contribution in [0.25, 0.3) is 0 Å². The fourth-order valence-corrected chi connectivity index (χ4v) is 3.17. The topological polar surface area (TPSA) is 53.4 Å². The molecule has 0 radical (unpaired) electrons. The highest BCUT2D eigenvalue weighted by atomic mass is 35.5. The standard InChI is InChI=1S/C16H23ClN2O2/c1-2-5-13-10-12(11-15(17)18-13)16(21)19-8-4-3-6-14(19)7-9-20/h10-11,14,20H,2-9H2,1H3. The van der Waals surface area contributed by atoms with Crippen LogP contribution >= 0.6 is 11.6 Å². The number of likely N-dealkylation sites (tertiary alicyclic amines) is 1. The number of nitrogens with zero attached hydrogens (tertiary/aromatic N) is 2. The highest BCUT2D eigenvalue weighted by Gasteiger charge is 2.27. The van der Waals surface area contributed by atoms with Crippen molar-refractivity contribution in [2.24, 2.45) is 0 Å². The summed E-state index contributed by atoms with van der Waals surface area (Å²) in [6, 6.07) is 3.63. The SMILES string of the molecule is CCCc1cc(C(=O)N2CCCCC2CCO)cc(Cl)n1. The van der Waals surface area contributed by atoms with E-state index in [9.17, 15) is 9.90 Å². The molecule has 116 valence electrons. The van der Waals surface area contributed by atoms with Gasteiger partial charge in [0.2, 0.25) is 0 Å². The van der Waals surface area contributed by atoms with Crippen molar-refractivity contribution in [3.63, 3.8) is 0 Å². The number of hydrogen-bond acceptors (Lipinski definition) is 3. The molecule has 0 aromatic carbocycles. The van der Waals surface area contributed by atoms with Gasteiger partial charge in [-0.25, -0.2) is 4.98 Å².